The topological polar surface area (TPSA) is 41.9 Å². The van der Waals surface area contributed by atoms with Crippen molar-refractivity contribution >= 4 is 0 Å². The van der Waals surface area contributed by atoms with Crippen LogP contribution in [-0.2, 0) is 11.3 Å². The molecule has 0 radical (unpaired) electrons. The lowest BCUT2D eigenvalue weighted by Crippen LogP contribution is -2.48. The minimum Gasteiger partial charge on any atom is -0.497 e. The molecule has 0 aromatic heterocycles. The number of aliphatic hydroxyl groups excluding tert-OH is 1. The van der Waals surface area contributed by atoms with Gasteiger partial charge in [-0.25, -0.2) is 0 Å². The first-order valence-electron chi connectivity index (χ1n) is 6.32. The van der Waals surface area contributed by atoms with Gasteiger partial charge in [0, 0.05) is 19.1 Å². The van der Waals surface area contributed by atoms with Crippen LogP contribution in [0.15, 0.2) is 24.3 Å². The van der Waals surface area contributed by atoms with Gasteiger partial charge in [-0.15, -0.1) is 0 Å². The number of rotatable bonds is 4. The lowest BCUT2D eigenvalue weighted by Gasteiger charge is -2.37. The van der Waals surface area contributed by atoms with Crippen LogP contribution in [0.3, 0.4) is 0 Å². The van der Waals surface area contributed by atoms with E-state index < -0.39 is 0 Å². The van der Waals surface area contributed by atoms with Gasteiger partial charge in [0.2, 0.25) is 0 Å². The van der Waals surface area contributed by atoms with Crippen LogP contribution in [0.2, 0.25) is 0 Å². The summed E-state index contributed by atoms with van der Waals surface area (Å²) in [6.45, 7) is 4.58. The number of methoxy groups -OCH3 is 1. The summed E-state index contributed by atoms with van der Waals surface area (Å²) in [5, 5.41) is 9.16. The molecule has 0 amide bonds. The third-order valence-electron chi connectivity index (χ3n) is 3.38. The van der Waals surface area contributed by atoms with Gasteiger partial charge in [-0.3, -0.25) is 4.90 Å². The number of benzene rings is 1. The summed E-state index contributed by atoms with van der Waals surface area (Å²) in [5.41, 5.74) is 1.25. The molecule has 1 aromatic rings. The minimum absolute atomic E-state index is 0.0561. The second-order valence-electron chi connectivity index (χ2n) is 4.76. The highest BCUT2D eigenvalue weighted by Crippen LogP contribution is 2.17. The predicted octanol–water partition coefficient (Wildman–Crippen LogP) is 1.28. The zero-order valence-electron chi connectivity index (χ0n) is 11.0. The molecule has 1 aromatic carbocycles. The Kier molecular flexibility index (Phi) is 4.58. The van der Waals surface area contributed by atoms with E-state index in [1.54, 1.807) is 7.11 Å². The molecule has 1 fully saturated rings. The Morgan fingerprint density at radius 1 is 1.39 bits per heavy atom. The van der Waals surface area contributed by atoms with Crippen LogP contribution in [0.4, 0.5) is 0 Å². The Bertz CT molecular complexity index is 366. The molecule has 2 rings (SSSR count). The molecule has 2 atom stereocenters. The van der Waals surface area contributed by atoms with E-state index in [0.29, 0.717) is 12.6 Å². The second-order valence-corrected chi connectivity index (χ2v) is 4.76. The first-order valence-corrected chi connectivity index (χ1v) is 6.32. The summed E-state index contributed by atoms with van der Waals surface area (Å²) in [6.07, 6.45) is -0.0561. The van der Waals surface area contributed by atoms with E-state index in [1.807, 2.05) is 12.1 Å². The van der Waals surface area contributed by atoms with Crippen molar-refractivity contribution in [2.75, 3.05) is 26.9 Å². The number of aliphatic hydroxyl groups is 1. The largest absolute Gasteiger partial charge is 0.497 e. The summed E-state index contributed by atoms with van der Waals surface area (Å²) < 4.78 is 10.7. The zero-order valence-corrected chi connectivity index (χ0v) is 11.0. The highest BCUT2D eigenvalue weighted by atomic mass is 16.5. The second kappa shape index (κ2) is 6.18. The van der Waals surface area contributed by atoms with E-state index in [9.17, 15) is 0 Å². The van der Waals surface area contributed by atoms with Gasteiger partial charge in [0.25, 0.3) is 0 Å². The maximum Gasteiger partial charge on any atom is 0.118 e. The van der Waals surface area contributed by atoms with Gasteiger partial charge < -0.3 is 14.6 Å². The van der Waals surface area contributed by atoms with E-state index in [1.165, 1.54) is 5.56 Å². The molecular weight excluding hydrogens is 230 g/mol. The third-order valence-corrected chi connectivity index (χ3v) is 3.38. The summed E-state index contributed by atoms with van der Waals surface area (Å²) in [6, 6.07) is 8.49. The molecule has 1 N–H and O–H groups in total. The molecule has 0 saturated carbocycles. The lowest BCUT2D eigenvalue weighted by molar-refractivity contribution is -0.0805. The fourth-order valence-corrected chi connectivity index (χ4v) is 2.17. The average Bonchev–Trinajstić information content (AvgIpc) is 2.42. The molecular formula is C14H21NO3. The Hall–Kier alpha value is -1.10. The molecule has 0 aliphatic carbocycles. The van der Waals surface area contributed by atoms with E-state index in [2.05, 4.69) is 24.0 Å². The van der Waals surface area contributed by atoms with Crippen LogP contribution in [0.25, 0.3) is 0 Å². The van der Waals surface area contributed by atoms with Crippen LogP contribution < -0.4 is 4.74 Å². The van der Waals surface area contributed by atoms with Crippen LogP contribution in [-0.4, -0.2) is 49.0 Å². The molecule has 4 heteroatoms. The third kappa shape index (κ3) is 3.22. The van der Waals surface area contributed by atoms with Crippen molar-refractivity contribution in [3.8, 4) is 5.75 Å². The molecule has 1 unspecified atom stereocenters. The summed E-state index contributed by atoms with van der Waals surface area (Å²) in [5.74, 6) is 0.877. The number of hydrogen-bond donors (Lipinski definition) is 1. The normalized spacial score (nSPS) is 25.1. The van der Waals surface area contributed by atoms with Crippen molar-refractivity contribution in [3.63, 3.8) is 0 Å². The van der Waals surface area contributed by atoms with Crippen molar-refractivity contribution in [2.24, 2.45) is 0 Å². The Morgan fingerprint density at radius 3 is 2.72 bits per heavy atom. The van der Waals surface area contributed by atoms with Gasteiger partial charge in [0.05, 0.1) is 26.4 Å². The SMILES string of the molecule is COc1ccc(CN2CC(CO)OC[C@@H]2C)cc1. The van der Waals surface area contributed by atoms with Crippen LogP contribution >= 0.6 is 0 Å². The van der Waals surface area contributed by atoms with Gasteiger partial charge in [0.15, 0.2) is 0 Å². The van der Waals surface area contributed by atoms with Gasteiger partial charge in [0.1, 0.15) is 5.75 Å². The fraction of sp³-hybridized carbons (Fsp3) is 0.571. The van der Waals surface area contributed by atoms with Crippen molar-refractivity contribution < 1.29 is 14.6 Å². The highest BCUT2D eigenvalue weighted by Gasteiger charge is 2.25. The first kappa shape index (κ1) is 13.3. The molecule has 4 nitrogen and oxygen atoms in total. The van der Waals surface area contributed by atoms with Crippen molar-refractivity contribution in [1.29, 1.82) is 0 Å². The molecule has 18 heavy (non-hydrogen) atoms. The van der Waals surface area contributed by atoms with Crippen LogP contribution in [0, 0.1) is 0 Å². The number of hydrogen-bond acceptors (Lipinski definition) is 4. The van der Waals surface area contributed by atoms with Crippen molar-refractivity contribution in [1.82, 2.24) is 4.90 Å². The molecule has 1 aliphatic heterocycles. The number of morpholine rings is 1. The number of nitrogens with zero attached hydrogens (tertiary/aromatic N) is 1. The number of ether oxygens (including phenoxy) is 2. The smallest absolute Gasteiger partial charge is 0.118 e. The Balaban J connectivity index is 1.97. The Morgan fingerprint density at radius 2 is 2.11 bits per heavy atom. The molecule has 0 spiro atoms. The maximum absolute atomic E-state index is 9.16. The standard InChI is InChI=1S/C14H21NO3/c1-11-10-18-14(9-16)8-15(11)7-12-3-5-13(17-2)6-4-12/h3-6,11,14,16H,7-10H2,1-2H3/t11-,14?/m0/s1. The van der Waals surface area contributed by atoms with Gasteiger partial charge >= 0.3 is 0 Å². The maximum atomic E-state index is 9.16. The van der Waals surface area contributed by atoms with Gasteiger partial charge in [-0.2, -0.15) is 0 Å². The van der Waals surface area contributed by atoms with E-state index in [-0.39, 0.29) is 12.7 Å². The molecule has 1 saturated heterocycles. The highest BCUT2D eigenvalue weighted by molar-refractivity contribution is 5.27. The van der Waals surface area contributed by atoms with Crippen molar-refractivity contribution in [2.45, 2.75) is 25.6 Å². The molecule has 1 heterocycles. The average molecular weight is 251 g/mol. The van der Waals surface area contributed by atoms with Gasteiger partial charge in [-0.05, 0) is 24.6 Å². The van der Waals surface area contributed by atoms with Gasteiger partial charge in [-0.1, -0.05) is 12.1 Å². The van der Waals surface area contributed by atoms with Crippen LogP contribution in [0.5, 0.6) is 5.75 Å². The van der Waals surface area contributed by atoms with Crippen molar-refractivity contribution in [3.05, 3.63) is 29.8 Å². The Labute approximate surface area is 108 Å². The quantitative estimate of drug-likeness (QED) is 0.875. The van der Waals surface area contributed by atoms with Crippen LogP contribution in [0.1, 0.15) is 12.5 Å². The minimum atomic E-state index is -0.0561. The summed E-state index contributed by atoms with van der Waals surface area (Å²) >= 11 is 0. The zero-order chi connectivity index (χ0) is 13.0. The molecule has 0 bridgehead atoms. The molecule has 1 aliphatic rings. The summed E-state index contributed by atoms with van der Waals surface area (Å²) in [7, 11) is 1.67. The summed E-state index contributed by atoms with van der Waals surface area (Å²) in [4.78, 5) is 2.34. The predicted molar refractivity (Wildman–Crippen MR) is 69.7 cm³/mol. The van der Waals surface area contributed by atoms with E-state index >= 15 is 0 Å². The monoisotopic (exact) mass is 251 g/mol. The fourth-order valence-electron chi connectivity index (χ4n) is 2.17. The van der Waals surface area contributed by atoms with E-state index in [0.717, 1.165) is 18.8 Å². The molecule has 100 valence electrons. The van der Waals surface area contributed by atoms with E-state index in [4.69, 9.17) is 14.6 Å². The lowest BCUT2D eigenvalue weighted by atomic mass is 10.1. The first-order chi connectivity index (χ1) is 8.72.